The Morgan fingerprint density at radius 1 is 1.62 bits per heavy atom. The summed E-state index contributed by atoms with van der Waals surface area (Å²) in [6.45, 7) is 5.21. The molecule has 0 aromatic carbocycles. The minimum atomic E-state index is -0.247. The third-order valence-electron chi connectivity index (χ3n) is 4.56. The molecule has 1 amide bonds. The Hall–Kier alpha value is -1.40. The van der Waals surface area contributed by atoms with Gasteiger partial charge < -0.3 is 18.9 Å². The van der Waals surface area contributed by atoms with Crippen LogP contribution in [-0.2, 0) is 9.47 Å². The molecule has 0 radical (unpaired) electrons. The van der Waals surface area contributed by atoms with E-state index in [0.717, 1.165) is 19.3 Å². The molecule has 3 rings (SSSR count). The maximum atomic E-state index is 12.4. The van der Waals surface area contributed by atoms with Crippen molar-refractivity contribution in [3.8, 4) is 0 Å². The lowest BCUT2D eigenvalue weighted by molar-refractivity contribution is -0.133. The monoisotopic (exact) mass is 294 g/mol. The molecule has 1 saturated carbocycles. The van der Waals surface area contributed by atoms with Crippen LogP contribution in [0.3, 0.4) is 0 Å². The fraction of sp³-hybridized carbons (Fsp3) is 0.733. The van der Waals surface area contributed by atoms with Crippen LogP contribution < -0.4 is 0 Å². The molecule has 1 spiro atoms. The average Bonchev–Trinajstić information content (AvgIpc) is 3.15. The predicted molar refractivity (Wildman–Crippen MR) is 74.9 cm³/mol. The van der Waals surface area contributed by atoms with Gasteiger partial charge in [0.1, 0.15) is 0 Å². The largest absolute Gasteiger partial charge is 0.381 e. The van der Waals surface area contributed by atoms with E-state index >= 15 is 0 Å². The smallest absolute Gasteiger partial charge is 0.292 e. The third-order valence-corrected chi connectivity index (χ3v) is 4.56. The van der Waals surface area contributed by atoms with E-state index in [0.29, 0.717) is 44.6 Å². The molecule has 0 bridgehead atoms. The van der Waals surface area contributed by atoms with Crippen LogP contribution in [0.1, 0.15) is 36.7 Å². The molecule has 6 nitrogen and oxygen atoms in total. The van der Waals surface area contributed by atoms with Crippen molar-refractivity contribution in [2.75, 3.05) is 32.9 Å². The molecule has 0 unspecified atom stereocenters. The quantitative estimate of drug-likeness (QED) is 0.846. The molecule has 21 heavy (non-hydrogen) atoms. The van der Waals surface area contributed by atoms with E-state index in [2.05, 4.69) is 5.16 Å². The zero-order chi connectivity index (χ0) is 14.7. The van der Waals surface area contributed by atoms with E-state index in [1.807, 2.05) is 11.8 Å². The predicted octanol–water partition coefficient (Wildman–Crippen LogP) is 1.72. The summed E-state index contributed by atoms with van der Waals surface area (Å²) in [5.74, 6) is 0.561. The van der Waals surface area contributed by atoms with Crippen LogP contribution in [0.2, 0.25) is 0 Å². The highest BCUT2D eigenvalue weighted by Crippen LogP contribution is 2.41. The number of hydrogen-bond donors (Lipinski definition) is 0. The Morgan fingerprint density at radius 3 is 3.29 bits per heavy atom. The zero-order valence-electron chi connectivity index (χ0n) is 12.4. The summed E-state index contributed by atoms with van der Waals surface area (Å²) in [6.07, 6.45) is 4.72. The summed E-state index contributed by atoms with van der Waals surface area (Å²) in [5.41, 5.74) is -0.247. The number of hydrogen-bond acceptors (Lipinski definition) is 5. The van der Waals surface area contributed by atoms with E-state index < -0.39 is 0 Å². The molecule has 1 saturated heterocycles. The fourth-order valence-corrected chi connectivity index (χ4v) is 3.47. The first-order valence-corrected chi connectivity index (χ1v) is 7.67. The van der Waals surface area contributed by atoms with E-state index in [1.165, 1.54) is 6.20 Å². The number of morpholine rings is 1. The Balaban J connectivity index is 1.71. The molecular weight excluding hydrogens is 272 g/mol. The van der Waals surface area contributed by atoms with Gasteiger partial charge in [0, 0.05) is 25.1 Å². The lowest BCUT2D eigenvalue weighted by atomic mass is 9.89. The topological polar surface area (TPSA) is 64.8 Å². The van der Waals surface area contributed by atoms with Crippen molar-refractivity contribution in [1.29, 1.82) is 0 Å². The Morgan fingerprint density at radius 2 is 2.52 bits per heavy atom. The lowest BCUT2D eigenvalue weighted by Crippen LogP contribution is -2.56. The van der Waals surface area contributed by atoms with Gasteiger partial charge in [-0.25, -0.2) is 0 Å². The second-order valence-corrected chi connectivity index (χ2v) is 5.77. The van der Waals surface area contributed by atoms with Crippen molar-refractivity contribution in [2.24, 2.45) is 5.92 Å². The molecule has 1 aliphatic carbocycles. The van der Waals surface area contributed by atoms with Gasteiger partial charge >= 0.3 is 0 Å². The summed E-state index contributed by atoms with van der Waals surface area (Å²) in [4.78, 5) is 14.3. The van der Waals surface area contributed by atoms with Gasteiger partial charge in [0.2, 0.25) is 5.76 Å². The molecule has 6 heteroatoms. The molecule has 2 heterocycles. The number of aromatic nitrogens is 1. The maximum absolute atomic E-state index is 12.4. The van der Waals surface area contributed by atoms with Crippen molar-refractivity contribution in [1.82, 2.24) is 10.1 Å². The van der Waals surface area contributed by atoms with Crippen LogP contribution in [0.4, 0.5) is 0 Å². The Bertz CT molecular complexity index is 476. The standard InChI is InChI=1S/C15H22N2O4/c1-2-19-10-12-4-3-6-15(12)11-17(8-9-20-15)14(18)13-5-7-16-21-13/h5,7,12H,2-4,6,8-11H2,1H3/t12-,15+/m0/s1. The second kappa shape index (κ2) is 6.15. The number of nitrogens with zero attached hydrogens (tertiary/aromatic N) is 2. The summed E-state index contributed by atoms with van der Waals surface area (Å²) >= 11 is 0. The molecule has 1 aromatic rings. The summed E-state index contributed by atoms with van der Waals surface area (Å²) < 4.78 is 16.7. The lowest BCUT2D eigenvalue weighted by Gasteiger charge is -2.43. The Labute approximate surface area is 124 Å². The summed E-state index contributed by atoms with van der Waals surface area (Å²) in [6, 6.07) is 1.61. The van der Waals surface area contributed by atoms with Crippen LogP contribution in [0.15, 0.2) is 16.8 Å². The van der Waals surface area contributed by atoms with Gasteiger partial charge in [-0.3, -0.25) is 4.79 Å². The van der Waals surface area contributed by atoms with E-state index in [1.54, 1.807) is 6.07 Å². The van der Waals surface area contributed by atoms with Gasteiger partial charge in [-0.1, -0.05) is 11.6 Å². The van der Waals surface area contributed by atoms with Gasteiger partial charge in [0.05, 0.1) is 31.6 Å². The Kier molecular flexibility index (Phi) is 4.26. The van der Waals surface area contributed by atoms with Crippen molar-refractivity contribution >= 4 is 5.91 Å². The minimum absolute atomic E-state index is 0.0998. The van der Waals surface area contributed by atoms with E-state index in [-0.39, 0.29) is 11.5 Å². The number of carbonyl (C=O) groups excluding carboxylic acids is 1. The number of rotatable bonds is 4. The first-order valence-electron chi connectivity index (χ1n) is 7.67. The van der Waals surface area contributed by atoms with Crippen LogP contribution in [-0.4, -0.2) is 54.5 Å². The normalized spacial score (nSPS) is 29.2. The summed E-state index contributed by atoms with van der Waals surface area (Å²) in [5, 5.41) is 3.61. The van der Waals surface area contributed by atoms with Crippen molar-refractivity contribution in [3.63, 3.8) is 0 Å². The molecule has 116 valence electrons. The second-order valence-electron chi connectivity index (χ2n) is 5.77. The molecule has 0 N–H and O–H groups in total. The molecule has 2 atom stereocenters. The molecule has 1 aromatic heterocycles. The van der Waals surface area contributed by atoms with Crippen LogP contribution in [0.25, 0.3) is 0 Å². The van der Waals surface area contributed by atoms with Gasteiger partial charge in [-0.2, -0.15) is 0 Å². The van der Waals surface area contributed by atoms with Gasteiger partial charge in [0.15, 0.2) is 0 Å². The van der Waals surface area contributed by atoms with Crippen LogP contribution >= 0.6 is 0 Å². The zero-order valence-corrected chi connectivity index (χ0v) is 12.4. The fourth-order valence-electron chi connectivity index (χ4n) is 3.47. The highest BCUT2D eigenvalue weighted by Gasteiger charge is 2.48. The highest BCUT2D eigenvalue weighted by molar-refractivity contribution is 5.91. The van der Waals surface area contributed by atoms with Crippen LogP contribution in [0.5, 0.6) is 0 Å². The van der Waals surface area contributed by atoms with Crippen molar-refractivity contribution in [2.45, 2.75) is 31.8 Å². The molecule has 2 fully saturated rings. The van der Waals surface area contributed by atoms with E-state index in [4.69, 9.17) is 14.0 Å². The van der Waals surface area contributed by atoms with Crippen LogP contribution in [0, 0.1) is 5.92 Å². The van der Waals surface area contributed by atoms with Crippen molar-refractivity contribution < 1.29 is 18.8 Å². The van der Waals surface area contributed by atoms with Gasteiger partial charge in [-0.05, 0) is 19.8 Å². The van der Waals surface area contributed by atoms with Crippen molar-refractivity contribution in [3.05, 3.63) is 18.0 Å². The number of ether oxygens (including phenoxy) is 2. The third kappa shape index (κ3) is 2.82. The van der Waals surface area contributed by atoms with Gasteiger partial charge in [-0.15, -0.1) is 0 Å². The molecule has 2 aliphatic rings. The molecular formula is C15H22N2O4. The van der Waals surface area contributed by atoms with Gasteiger partial charge in [0.25, 0.3) is 5.91 Å². The maximum Gasteiger partial charge on any atom is 0.292 e. The average molecular weight is 294 g/mol. The van der Waals surface area contributed by atoms with E-state index in [9.17, 15) is 4.79 Å². The summed E-state index contributed by atoms with van der Waals surface area (Å²) in [7, 11) is 0. The molecule has 1 aliphatic heterocycles. The number of carbonyl (C=O) groups is 1. The number of amides is 1. The first-order chi connectivity index (χ1) is 10.2. The first kappa shape index (κ1) is 14.5. The highest BCUT2D eigenvalue weighted by atomic mass is 16.5. The minimum Gasteiger partial charge on any atom is -0.381 e. The SMILES string of the molecule is CCOC[C@@H]1CCC[C@@]12CN(C(=O)c1ccno1)CCO2.